The van der Waals surface area contributed by atoms with Gasteiger partial charge in [-0.2, -0.15) is 0 Å². The van der Waals surface area contributed by atoms with Crippen molar-refractivity contribution in [2.45, 2.75) is 18.3 Å². The lowest BCUT2D eigenvalue weighted by molar-refractivity contribution is -0.142. The van der Waals surface area contributed by atoms with E-state index in [1.807, 2.05) is 18.2 Å². The Hall–Kier alpha value is -1.35. The van der Waals surface area contributed by atoms with Crippen LogP contribution in [0.1, 0.15) is 29.4 Å². The van der Waals surface area contributed by atoms with E-state index in [0.29, 0.717) is 12.5 Å². The van der Waals surface area contributed by atoms with E-state index < -0.39 is 0 Å². The molecular formula is C12H15NO2. The van der Waals surface area contributed by atoms with E-state index >= 15 is 0 Å². The van der Waals surface area contributed by atoms with E-state index in [1.165, 1.54) is 12.7 Å². The fourth-order valence-corrected chi connectivity index (χ4v) is 2.33. The summed E-state index contributed by atoms with van der Waals surface area (Å²) in [6, 6.07) is 7.98. The Balaban J connectivity index is 2.37. The zero-order valence-corrected chi connectivity index (χ0v) is 8.77. The predicted molar refractivity (Wildman–Crippen MR) is 57.6 cm³/mol. The first-order valence-electron chi connectivity index (χ1n) is 5.14. The molecule has 0 saturated heterocycles. The van der Waals surface area contributed by atoms with Crippen LogP contribution in [0, 0.1) is 0 Å². The van der Waals surface area contributed by atoms with Gasteiger partial charge in [-0.25, -0.2) is 0 Å². The minimum absolute atomic E-state index is 0.125. The normalized spacial score (nSPS) is 23.6. The smallest absolute Gasteiger partial charge is 0.313 e. The third-order valence-corrected chi connectivity index (χ3v) is 3.10. The number of hydrogen-bond acceptors (Lipinski definition) is 3. The molecule has 0 spiro atoms. The lowest BCUT2D eigenvalue weighted by Crippen LogP contribution is -2.13. The number of carbonyl (C=O) groups is 1. The van der Waals surface area contributed by atoms with E-state index in [0.717, 1.165) is 12.0 Å². The Bertz CT molecular complexity index is 376. The van der Waals surface area contributed by atoms with Gasteiger partial charge in [-0.3, -0.25) is 4.79 Å². The molecule has 0 fully saturated rings. The lowest BCUT2D eigenvalue weighted by atomic mass is 10.0. The van der Waals surface area contributed by atoms with Crippen LogP contribution in [-0.4, -0.2) is 19.6 Å². The van der Waals surface area contributed by atoms with E-state index in [9.17, 15) is 4.79 Å². The largest absolute Gasteiger partial charge is 0.469 e. The molecule has 1 aromatic rings. The zero-order chi connectivity index (χ0) is 10.8. The van der Waals surface area contributed by atoms with Crippen LogP contribution in [0.15, 0.2) is 24.3 Å². The highest BCUT2D eigenvalue weighted by Gasteiger charge is 2.34. The lowest BCUT2D eigenvalue weighted by Gasteiger charge is -2.08. The van der Waals surface area contributed by atoms with Crippen molar-refractivity contribution < 1.29 is 9.53 Å². The molecule has 0 aromatic heterocycles. The van der Waals surface area contributed by atoms with Gasteiger partial charge in [0, 0.05) is 0 Å². The first kappa shape index (κ1) is 10.2. The summed E-state index contributed by atoms with van der Waals surface area (Å²) in [5, 5.41) is 0. The topological polar surface area (TPSA) is 52.3 Å². The van der Waals surface area contributed by atoms with Gasteiger partial charge in [0.05, 0.1) is 13.0 Å². The first-order valence-corrected chi connectivity index (χ1v) is 5.14. The van der Waals surface area contributed by atoms with Crippen LogP contribution in [0.3, 0.4) is 0 Å². The van der Waals surface area contributed by atoms with Crippen LogP contribution < -0.4 is 5.73 Å². The van der Waals surface area contributed by atoms with E-state index in [1.54, 1.807) is 0 Å². The first-order chi connectivity index (χ1) is 7.27. The van der Waals surface area contributed by atoms with Crippen LogP contribution >= 0.6 is 0 Å². The highest BCUT2D eigenvalue weighted by molar-refractivity contribution is 5.80. The zero-order valence-electron chi connectivity index (χ0n) is 8.77. The van der Waals surface area contributed by atoms with Gasteiger partial charge in [0.2, 0.25) is 0 Å². The number of ether oxygens (including phenoxy) is 1. The average Bonchev–Trinajstić information content (AvgIpc) is 2.67. The average molecular weight is 205 g/mol. The quantitative estimate of drug-likeness (QED) is 0.742. The van der Waals surface area contributed by atoms with E-state index in [-0.39, 0.29) is 11.9 Å². The Kier molecular flexibility index (Phi) is 2.73. The molecule has 1 aliphatic rings. The number of benzene rings is 1. The molecule has 0 radical (unpaired) electrons. The molecule has 0 unspecified atom stereocenters. The maximum Gasteiger partial charge on any atom is 0.313 e. The minimum Gasteiger partial charge on any atom is -0.469 e. The fraction of sp³-hybridized carbons (Fsp3) is 0.417. The third kappa shape index (κ3) is 1.63. The maximum atomic E-state index is 11.6. The Morgan fingerprint density at radius 2 is 2.13 bits per heavy atom. The van der Waals surface area contributed by atoms with Crippen molar-refractivity contribution in [1.82, 2.24) is 0 Å². The molecule has 1 aromatic carbocycles. The molecule has 0 aliphatic heterocycles. The van der Waals surface area contributed by atoms with E-state index in [2.05, 4.69) is 6.07 Å². The van der Waals surface area contributed by atoms with Crippen molar-refractivity contribution in [2.24, 2.45) is 5.73 Å². The van der Waals surface area contributed by atoms with Gasteiger partial charge in [0.15, 0.2) is 0 Å². The van der Waals surface area contributed by atoms with Crippen LogP contribution in [-0.2, 0) is 9.53 Å². The molecule has 0 saturated carbocycles. The Morgan fingerprint density at radius 3 is 2.73 bits per heavy atom. The van der Waals surface area contributed by atoms with Gasteiger partial charge in [0.25, 0.3) is 0 Å². The molecule has 0 bridgehead atoms. The van der Waals surface area contributed by atoms with Gasteiger partial charge in [-0.05, 0) is 30.0 Å². The summed E-state index contributed by atoms with van der Waals surface area (Å²) in [5.41, 5.74) is 7.99. The number of hydrogen-bond donors (Lipinski definition) is 1. The third-order valence-electron chi connectivity index (χ3n) is 3.10. The summed E-state index contributed by atoms with van der Waals surface area (Å²) in [4.78, 5) is 11.6. The van der Waals surface area contributed by atoms with Crippen LogP contribution in [0.2, 0.25) is 0 Å². The highest BCUT2D eigenvalue weighted by atomic mass is 16.5. The minimum atomic E-state index is -0.154. The summed E-state index contributed by atoms with van der Waals surface area (Å²) >= 11 is 0. The second-order valence-corrected chi connectivity index (χ2v) is 3.87. The molecule has 15 heavy (non-hydrogen) atoms. The molecule has 2 N–H and O–H groups in total. The van der Waals surface area contributed by atoms with Crippen molar-refractivity contribution in [3.63, 3.8) is 0 Å². The molecule has 0 amide bonds. The molecule has 2 rings (SSSR count). The maximum absolute atomic E-state index is 11.6. The predicted octanol–water partition coefficient (Wildman–Crippen LogP) is 1.39. The monoisotopic (exact) mass is 205 g/mol. The van der Waals surface area contributed by atoms with Crippen molar-refractivity contribution in [2.75, 3.05) is 13.7 Å². The van der Waals surface area contributed by atoms with Gasteiger partial charge >= 0.3 is 5.97 Å². The molecule has 3 heteroatoms. The second kappa shape index (κ2) is 4.03. The number of nitrogens with two attached hydrogens (primary N) is 1. The SMILES string of the molecule is COC(=O)[C@@H]1C[C@@H](CN)c2ccccc21. The van der Waals surface area contributed by atoms with Crippen molar-refractivity contribution in [3.8, 4) is 0 Å². The molecule has 1 aliphatic carbocycles. The van der Waals surface area contributed by atoms with Gasteiger partial charge in [-0.1, -0.05) is 24.3 Å². The number of fused-ring (bicyclic) bond motifs is 1. The van der Waals surface area contributed by atoms with E-state index in [4.69, 9.17) is 10.5 Å². The summed E-state index contributed by atoms with van der Waals surface area (Å²) in [6.07, 6.45) is 0.780. The summed E-state index contributed by atoms with van der Waals surface area (Å²) < 4.78 is 4.80. The van der Waals surface area contributed by atoms with Crippen LogP contribution in [0.25, 0.3) is 0 Å². The summed E-state index contributed by atoms with van der Waals surface area (Å²) in [5.74, 6) is 0.0171. The molecule has 0 heterocycles. The second-order valence-electron chi connectivity index (χ2n) is 3.87. The molecule has 2 atom stereocenters. The standard InChI is InChI=1S/C12H15NO2/c1-15-12(14)11-6-8(7-13)9-4-2-3-5-10(9)11/h2-5,8,11H,6-7,13H2,1H3/t8-,11+/m0/s1. The van der Waals surface area contributed by atoms with Gasteiger partial charge in [-0.15, -0.1) is 0 Å². The highest BCUT2D eigenvalue weighted by Crippen LogP contribution is 2.41. The van der Waals surface area contributed by atoms with Gasteiger partial charge in [0.1, 0.15) is 0 Å². The summed E-state index contributed by atoms with van der Waals surface area (Å²) in [6.45, 7) is 0.588. The molecule has 80 valence electrons. The van der Waals surface area contributed by atoms with Gasteiger partial charge < -0.3 is 10.5 Å². The Labute approximate surface area is 89.2 Å². The Morgan fingerprint density at radius 1 is 1.47 bits per heavy atom. The van der Waals surface area contributed by atoms with Crippen LogP contribution in [0.4, 0.5) is 0 Å². The van der Waals surface area contributed by atoms with Crippen molar-refractivity contribution in [3.05, 3.63) is 35.4 Å². The van der Waals surface area contributed by atoms with Crippen LogP contribution in [0.5, 0.6) is 0 Å². The molecular weight excluding hydrogens is 190 g/mol. The van der Waals surface area contributed by atoms with Crippen molar-refractivity contribution >= 4 is 5.97 Å². The van der Waals surface area contributed by atoms with Crippen molar-refractivity contribution in [1.29, 1.82) is 0 Å². The number of methoxy groups -OCH3 is 1. The number of rotatable bonds is 2. The summed E-state index contributed by atoms with van der Waals surface area (Å²) in [7, 11) is 1.43. The number of esters is 1. The fourth-order valence-electron chi connectivity index (χ4n) is 2.33. The number of carbonyl (C=O) groups excluding carboxylic acids is 1. The molecule has 3 nitrogen and oxygen atoms in total.